The van der Waals surface area contributed by atoms with E-state index in [0.29, 0.717) is 32.1 Å². The lowest BCUT2D eigenvalue weighted by Gasteiger charge is -2.17. The predicted molar refractivity (Wildman–Crippen MR) is 42.7 cm³/mol. The highest BCUT2D eigenvalue weighted by molar-refractivity contribution is 6.04. The molecule has 0 aromatic rings. The van der Waals surface area contributed by atoms with Gasteiger partial charge in [0.05, 0.1) is 5.92 Å². The summed E-state index contributed by atoms with van der Waals surface area (Å²) in [6, 6.07) is 0. The van der Waals surface area contributed by atoms with Crippen LogP contribution in [0, 0.1) is 5.92 Å². The van der Waals surface area contributed by atoms with Crippen LogP contribution in [-0.4, -0.2) is 17.9 Å². The normalized spacial score (nSPS) is 19.7. The lowest BCUT2D eigenvalue weighted by atomic mass is 9.84. The number of rotatable bonds is 3. The van der Waals surface area contributed by atoms with Gasteiger partial charge in [-0.3, -0.25) is 9.59 Å². The average Bonchev–Trinajstić information content (AvgIpc) is 2.04. The van der Waals surface area contributed by atoms with E-state index >= 15 is 0 Å². The molecule has 0 amide bonds. The Morgan fingerprint density at radius 3 is 2.33 bits per heavy atom. The second-order valence-electron chi connectivity index (χ2n) is 3.08. The number of carbonyl (C=O) groups excluding carboxylic acids is 3. The Hall–Kier alpha value is -0.990. The Morgan fingerprint density at radius 1 is 1.25 bits per heavy atom. The van der Waals surface area contributed by atoms with Crippen molar-refractivity contribution in [2.75, 3.05) is 0 Å². The Kier molecular flexibility index (Phi) is 3.14. The van der Waals surface area contributed by atoms with Crippen molar-refractivity contribution >= 4 is 17.9 Å². The first-order valence-corrected chi connectivity index (χ1v) is 4.24. The zero-order valence-electron chi connectivity index (χ0n) is 6.91. The molecule has 0 unspecified atom stereocenters. The Balaban J connectivity index is 2.51. The molecule has 1 aliphatic carbocycles. The van der Waals surface area contributed by atoms with Gasteiger partial charge in [-0.05, 0) is 12.8 Å². The van der Waals surface area contributed by atoms with Crippen molar-refractivity contribution in [1.29, 1.82) is 0 Å². The highest BCUT2D eigenvalue weighted by atomic mass is 16.2. The number of carbonyl (C=O) groups is 3. The first-order valence-electron chi connectivity index (χ1n) is 4.24. The Bertz CT molecular complexity index is 192. The lowest BCUT2D eigenvalue weighted by Crippen LogP contribution is -2.28. The van der Waals surface area contributed by atoms with Crippen LogP contribution in [0.2, 0.25) is 0 Å². The molecule has 1 saturated carbocycles. The number of aldehydes is 1. The molecule has 0 N–H and O–H groups in total. The molecule has 3 nitrogen and oxygen atoms in total. The van der Waals surface area contributed by atoms with Gasteiger partial charge in [0.15, 0.2) is 0 Å². The predicted octanol–water partition coefficient (Wildman–Crippen LogP) is 0.904. The van der Waals surface area contributed by atoms with E-state index in [0.717, 1.165) is 6.29 Å². The first-order chi connectivity index (χ1) is 5.75. The first kappa shape index (κ1) is 9.10. The Morgan fingerprint density at radius 2 is 1.83 bits per heavy atom. The summed E-state index contributed by atoms with van der Waals surface area (Å²) in [4.78, 5) is 32.4. The highest BCUT2D eigenvalue weighted by Gasteiger charge is 2.28. The number of hydrogen-bond acceptors (Lipinski definition) is 3. The second kappa shape index (κ2) is 4.14. The number of hydrogen-bond donors (Lipinski definition) is 0. The average molecular weight is 168 g/mol. The second-order valence-corrected chi connectivity index (χ2v) is 3.08. The van der Waals surface area contributed by atoms with Crippen LogP contribution in [-0.2, 0) is 14.4 Å². The zero-order chi connectivity index (χ0) is 8.97. The molecule has 3 heteroatoms. The highest BCUT2D eigenvalue weighted by Crippen LogP contribution is 2.20. The molecule has 1 rings (SSSR count). The molecule has 1 fully saturated rings. The summed E-state index contributed by atoms with van der Waals surface area (Å²) in [5.41, 5.74) is 0. The van der Waals surface area contributed by atoms with Gasteiger partial charge in [0.2, 0.25) is 0 Å². The molecule has 0 aromatic carbocycles. The van der Waals surface area contributed by atoms with Gasteiger partial charge in [0.1, 0.15) is 17.9 Å². The third-order valence-electron chi connectivity index (χ3n) is 2.20. The van der Waals surface area contributed by atoms with Gasteiger partial charge in [-0.15, -0.1) is 0 Å². The van der Waals surface area contributed by atoms with Crippen molar-refractivity contribution in [3.8, 4) is 0 Å². The molecule has 0 aliphatic heterocycles. The van der Waals surface area contributed by atoms with Crippen LogP contribution < -0.4 is 0 Å². The molecule has 0 heterocycles. The zero-order valence-corrected chi connectivity index (χ0v) is 6.91. The maximum atomic E-state index is 11.2. The lowest BCUT2D eigenvalue weighted by molar-refractivity contribution is -0.135. The van der Waals surface area contributed by atoms with Crippen LogP contribution in [0.5, 0.6) is 0 Å². The van der Waals surface area contributed by atoms with Gasteiger partial charge in [-0.1, -0.05) is 0 Å². The maximum absolute atomic E-state index is 11.2. The maximum Gasteiger partial charge on any atom is 0.143 e. The Labute approximate surface area is 71.1 Å². The molecule has 0 spiro atoms. The van der Waals surface area contributed by atoms with Gasteiger partial charge in [-0.25, -0.2) is 0 Å². The summed E-state index contributed by atoms with van der Waals surface area (Å²) < 4.78 is 0. The molecule has 0 aromatic heterocycles. The smallest absolute Gasteiger partial charge is 0.143 e. The van der Waals surface area contributed by atoms with Gasteiger partial charge < -0.3 is 4.79 Å². The van der Waals surface area contributed by atoms with Crippen molar-refractivity contribution < 1.29 is 14.4 Å². The third-order valence-corrected chi connectivity index (χ3v) is 2.20. The van der Waals surface area contributed by atoms with Crippen molar-refractivity contribution in [3.63, 3.8) is 0 Å². The van der Waals surface area contributed by atoms with Crippen LogP contribution in [0.4, 0.5) is 0 Å². The minimum atomic E-state index is -0.469. The van der Waals surface area contributed by atoms with E-state index in [1.165, 1.54) is 0 Å². The van der Waals surface area contributed by atoms with Crippen LogP contribution in [0.15, 0.2) is 0 Å². The fourth-order valence-electron chi connectivity index (χ4n) is 1.52. The van der Waals surface area contributed by atoms with Gasteiger partial charge in [0, 0.05) is 19.3 Å². The van der Waals surface area contributed by atoms with E-state index in [1.807, 2.05) is 0 Å². The largest absolute Gasteiger partial charge is 0.303 e. The van der Waals surface area contributed by atoms with Gasteiger partial charge in [-0.2, -0.15) is 0 Å². The van der Waals surface area contributed by atoms with E-state index in [4.69, 9.17) is 0 Å². The van der Waals surface area contributed by atoms with Gasteiger partial charge >= 0.3 is 0 Å². The van der Waals surface area contributed by atoms with Crippen molar-refractivity contribution in [2.24, 2.45) is 5.92 Å². The van der Waals surface area contributed by atoms with E-state index in [-0.39, 0.29) is 11.6 Å². The molecule has 1 aliphatic rings. The summed E-state index contributed by atoms with van der Waals surface area (Å²) in [6.45, 7) is 0. The van der Waals surface area contributed by atoms with Crippen molar-refractivity contribution in [2.45, 2.75) is 32.1 Å². The SMILES string of the molecule is O=CCCC1C(=O)CCCC1=O. The molecular formula is C9H12O3. The van der Waals surface area contributed by atoms with E-state index in [2.05, 4.69) is 0 Å². The minimum Gasteiger partial charge on any atom is -0.303 e. The topological polar surface area (TPSA) is 51.2 Å². The summed E-state index contributed by atoms with van der Waals surface area (Å²) in [5, 5.41) is 0. The third kappa shape index (κ3) is 2.00. The van der Waals surface area contributed by atoms with Crippen molar-refractivity contribution in [1.82, 2.24) is 0 Å². The molecule has 66 valence electrons. The number of ketones is 2. The van der Waals surface area contributed by atoms with E-state index in [1.54, 1.807) is 0 Å². The fraction of sp³-hybridized carbons (Fsp3) is 0.667. The molecular weight excluding hydrogens is 156 g/mol. The summed E-state index contributed by atoms with van der Waals surface area (Å²) in [6.07, 6.45) is 3.21. The molecule has 12 heavy (non-hydrogen) atoms. The summed E-state index contributed by atoms with van der Waals surface area (Å²) in [7, 11) is 0. The monoisotopic (exact) mass is 168 g/mol. The molecule has 0 atom stereocenters. The molecule has 0 saturated heterocycles. The quantitative estimate of drug-likeness (QED) is 0.464. The van der Waals surface area contributed by atoms with E-state index in [9.17, 15) is 14.4 Å². The summed E-state index contributed by atoms with van der Waals surface area (Å²) >= 11 is 0. The van der Waals surface area contributed by atoms with Crippen LogP contribution >= 0.6 is 0 Å². The molecule has 0 radical (unpaired) electrons. The minimum absolute atomic E-state index is 0.0214. The molecule has 0 bridgehead atoms. The van der Waals surface area contributed by atoms with Crippen LogP contribution in [0.25, 0.3) is 0 Å². The van der Waals surface area contributed by atoms with Crippen LogP contribution in [0.1, 0.15) is 32.1 Å². The fourth-order valence-corrected chi connectivity index (χ4v) is 1.52. The number of Topliss-reactive ketones (excluding diaryl/α,β-unsaturated/α-hetero) is 2. The standard InChI is InChI=1S/C9H12O3/c10-6-2-3-7-8(11)4-1-5-9(7)12/h6-7H,1-5H2. The van der Waals surface area contributed by atoms with Crippen LogP contribution in [0.3, 0.4) is 0 Å². The summed E-state index contributed by atoms with van der Waals surface area (Å²) in [5.74, 6) is -0.426. The van der Waals surface area contributed by atoms with Crippen molar-refractivity contribution in [3.05, 3.63) is 0 Å². The van der Waals surface area contributed by atoms with Gasteiger partial charge in [0.25, 0.3) is 0 Å². The van der Waals surface area contributed by atoms with E-state index < -0.39 is 5.92 Å².